The first-order valence-electron chi connectivity index (χ1n) is 3.87. The van der Waals surface area contributed by atoms with Crippen molar-refractivity contribution in [1.82, 2.24) is 0 Å². The quantitative estimate of drug-likeness (QED) is 0.726. The molecule has 0 unspecified atom stereocenters. The van der Waals surface area contributed by atoms with Crippen molar-refractivity contribution in [2.24, 2.45) is 5.73 Å². The summed E-state index contributed by atoms with van der Waals surface area (Å²) in [5, 5.41) is 2.01. The van der Waals surface area contributed by atoms with E-state index in [0.29, 0.717) is 13.2 Å². The zero-order valence-electron chi connectivity index (χ0n) is 7.17. The molecule has 0 spiro atoms. The van der Waals surface area contributed by atoms with Crippen LogP contribution in [-0.4, -0.2) is 6.61 Å². The highest BCUT2D eigenvalue weighted by molar-refractivity contribution is 7.10. The second-order valence-corrected chi connectivity index (χ2v) is 3.36. The van der Waals surface area contributed by atoms with Gasteiger partial charge in [-0.2, -0.15) is 0 Å². The minimum absolute atomic E-state index is 0.587. The van der Waals surface area contributed by atoms with E-state index in [1.54, 1.807) is 11.3 Å². The third-order valence-corrected chi connectivity index (χ3v) is 2.45. The lowest BCUT2D eigenvalue weighted by Crippen LogP contribution is -1.92. The maximum atomic E-state index is 5.48. The van der Waals surface area contributed by atoms with Crippen LogP contribution < -0.4 is 5.73 Å². The van der Waals surface area contributed by atoms with Crippen LogP contribution in [0.15, 0.2) is 18.0 Å². The lowest BCUT2D eigenvalue weighted by molar-refractivity contribution is 0.299. The molecule has 0 aliphatic rings. The van der Waals surface area contributed by atoms with Gasteiger partial charge in [0, 0.05) is 22.4 Å². The molecule has 1 heterocycles. The van der Waals surface area contributed by atoms with E-state index in [9.17, 15) is 0 Å². The summed E-state index contributed by atoms with van der Waals surface area (Å²) in [5.41, 5.74) is 6.52. The Morgan fingerprint density at radius 1 is 1.75 bits per heavy atom. The Kier molecular flexibility index (Phi) is 3.31. The fourth-order valence-electron chi connectivity index (χ4n) is 0.891. The van der Waals surface area contributed by atoms with Gasteiger partial charge in [-0.05, 0) is 13.0 Å². The van der Waals surface area contributed by atoms with Crippen LogP contribution in [0.4, 0.5) is 0 Å². The first-order valence-corrected chi connectivity index (χ1v) is 4.75. The average Bonchev–Trinajstić information content (AvgIpc) is 2.52. The lowest BCUT2D eigenvalue weighted by atomic mass is 10.3. The van der Waals surface area contributed by atoms with Crippen LogP contribution in [0, 0.1) is 0 Å². The molecule has 0 fully saturated rings. The Labute approximate surface area is 76.7 Å². The predicted octanol–water partition coefficient (Wildman–Crippen LogP) is 2.21. The van der Waals surface area contributed by atoms with Gasteiger partial charge < -0.3 is 10.5 Å². The molecule has 0 aromatic carbocycles. The highest BCUT2D eigenvalue weighted by atomic mass is 32.1. The Bertz CT molecular complexity index is 267. The third-order valence-electron chi connectivity index (χ3n) is 1.50. The van der Waals surface area contributed by atoms with E-state index >= 15 is 0 Å². The molecule has 0 radical (unpaired) electrons. The van der Waals surface area contributed by atoms with Crippen molar-refractivity contribution in [3.63, 3.8) is 0 Å². The number of rotatable bonds is 4. The molecule has 0 saturated carbocycles. The molecule has 0 amide bonds. The Hall–Kier alpha value is -0.800. The second-order valence-electron chi connectivity index (χ2n) is 2.36. The Morgan fingerprint density at radius 3 is 3.00 bits per heavy atom. The first-order chi connectivity index (χ1) is 5.77. The van der Waals surface area contributed by atoms with Crippen molar-refractivity contribution in [3.05, 3.63) is 28.5 Å². The fourth-order valence-corrected chi connectivity index (χ4v) is 1.66. The molecular weight excluding hydrogens is 170 g/mol. The van der Waals surface area contributed by atoms with Gasteiger partial charge in [-0.1, -0.05) is 6.58 Å². The van der Waals surface area contributed by atoms with E-state index in [0.717, 1.165) is 16.2 Å². The molecule has 1 rings (SSSR count). The number of thiophene rings is 1. The van der Waals surface area contributed by atoms with Crippen LogP contribution in [0.1, 0.15) is 17.4 Å². The number of hydrogen-bond donors (Lipinski definition) is 1. The molecule has 2 nitrogen and oxygen atoms in total. The molecular formula is C9H13NOS. The van der Waals surface area contributed by atoms with Gasteiger partial charge in [-0.15, -0.1) is 11.3 Å². The summed E-state index contributed by atoms with van der Waals surface area (Å²) in [6.07, 6.45) is 0. The van der Waals surface area contributed by atoms with E-state index in [-0.39, 0.29) is 0 Å². The van der Waals surface area contributed by atoms with Crippen LogP contribution in [0.25, 0.3) is 5.76 Å². The van der Waals surface area contributed by atoms with Gasteiger partial charge in [-0.3, -0.25) is 0 Å². The van der Waals surface area contributed by atoms with Gasteiger partial charge >= 0.3 is 0 Å². The molecule has 3 heteroatoms. The zero-order chi connectivity index (χ0) is 8.97. The molecule has 1 aromatic heterocycles. The highest BCUT2D eigenvalue weighted by Crippen LogP contribution is 2.20. The van der Waals surface area contributed by atoms with Gasteiger partial charge in [0.15, 0.2) is 0 Å². The largest absolute Gasteiger partial charge is 0.494 e. The molecule has 0 atom stereocenters. The minimum Gasteiger partial charge on any atom is -0.494 e. The molecule has 66 valence electrons. The van der Waals surface area contributed by atoms with Crippen molar-refractivity contribution in [3.8, 4) is 0 Å². The molecule has 2 N–H and O–H groups in total. The van der Waals surface area contributed by atoms with Gasteiger partial charge in [0.25, 0.3) is 0 Å². The molecule has 1 aromatic rings. The van der Waals surface area contributed by atoms with Crippen molar-refractivity contribution in [2.75, 3.05) is 6.61 Å². The summed E-state index contributed by atoms with van der Waals surface area (Å²) in [5.74, 6) is 0.730. The maximum absolute atomic E-state index is 5.48. The Morgan fingerprint density at radius 2 is 2.50 bits per heavy atom. The van der Waals surface area contributed by atoms with E-state index in [1.165, 1.54) is 0 Å². The van der Waals surface area contributed by atoms with E-state index in [1.807, 2.05) is 18.4 Å². The van der Waals surface area contributed by atoms with Crippen LogP contribution in [0.5, 0.6) is 0 Å². The first kappa shape index (κ1) is 9.29. The zero-order valence-corrected chi connectivity index (χ0v) is 7.99. The number of hydrogen-bond acceptors (Lipinski definition) is 3. The van der Waals surface area contributed by atoms with Crippen molar-refractivity contribution >= 4 is 17.1 Å². The lowest BCUT2D eigenvalue weighted by Gasteiger charge is -2.02. The van der Waals surface area contributed by atoms with Crippen molar-refractivity contribution in [1.29, 1.82) is 0 Å². The van der Waals surface area contributed by atoms with Gasteiger partial charge in [0.2, 0.25) is 0 Å². The smallest absolute Gasteiger partial charge is 0.120 e. The second kappa shape index (κ2) is 4.28. The van der Waals surface area contributed by atoms with E-state index in [2.05, 4.69) is 6.58 Å². The van der Waals surface area contributed by atoms with Gasteiger partial charge in [0.05, 0.1) is 6.61 Å². The Balaban J connectivity index is 2.68. The average molecular weight is 183 g/mol. The molecule has 0 saturated heterocycles. The summed E-state index contributed by atoms with van der Waals surface area (Å²) >= 11 is 1.64. The third kappa shape index (κ3) is 2.09. The molecule has 0 aliphatic carbocycles. The topological polar surface area (TPSA) is 35.2 Å². The fraction of sp³-hybridized carbons (Fsp3) is 0.333. The molecule has 0 aliphatic heterocycles. The van der Waals surface area contributed by atoms with Crippen molar-refractivity contribution < 1.29 is 4.74 Å². The monoisotopic (exact) mass is 183 g/mol. The normalized spacial score (nSPS) is 9.83. The molecule has 0 bridgehead atoms. The maximum Gasteiger partial charge on any atom is 0.120 e. The van der Waals surface area contributed by atoms with Gasteiger partial charge in [-0.25, -0.2) is 0 Å². The van der Waals surface area contributed by atoms with E-state index < -0.39 is 0 Å². The summed E-state index contributed by atoms with van der Waals surface area (Å²) < 4.78 is 5.26. The van der Waals surface area contributed by atoms with Crippen LogP contribution >= 0.6 is 11.3 Å². The molecule has 12 heavy (non-hydrogen) atoms. The van der Waals surface area contributed by atoms with Crippen LogP contribution in [0.2, 0.25) is 0 Å². The number of nitrogens with two attached hydrogens (primary N) is 1. The van der Waals surface area contributed by atoms with E-state index in [4.69, 9.17) is 10.5 Å². The van der Waals surface area contributed by atoms with Gasteiger partial charge in [0.1, 0.15) is 5.76 Å². The SMILES string of the molecule is C=C(OCC)c1csc(CN)c1. The van der Waals surface area contributed by atoms with Crippen LogP contribution in [-0.2, 0) is 11.3 Å². The summed E-state index contributed by atoms with van der Waals surface area (Å²) in [6, 6.07) is 2.02. The summed E-state index contributed by atoms with van der Waals surface area (Å²) in [7, 11) is 0. The number of ether oxygens (including phenoxy) is 1. The van der Waals surface area contributed by atoms with Crippen LogP contribution in [0.3, 0.4) is 0 Å². The standard InChI is InChI=1S/C9H13NOS/c1-3-11-7(2)8-4-9(5-10)12-6-8/h4,6H,2-3,5,10H2,1H3. The van der Waals surface area contributed by atoms with Crippen molar-refractivity contribution in [2.45, 2.75) is 13.5 Å². The predicted molar refractivity (Wildman–Crippen MR) is 52.9 cm³/mol. The highest BCUT2D eigenvalue weighted by Gasteiger charge is 2.01. The summed E-state index contributed by atoms with van der Waals surface area (Å²) in [4.78, 5) is 1.16. The summed E-state index contributed by atoms with van der Waals surface area (Å²) in [6.45, 7) is 7.00. The minimum atomic E-state index is 0.587.